The van der Waals surface area contributed by atoms with Crippen LogP contribution in [-0.4, -0.2) is 42.0 Å². The highest BCUT2D eigenvalue weighted by Gasteiger charge is 2.24. The quantitative estimate of drug-likeness (QED) is 0.687. The first-order valence-electron chi connectivity index (χ1n) is 7.87. The van der Waals surface area contributed by atoms with Crippen molar-refractivity contribution in [3.8, 4) is 11.8 Å². The third-order valence-corrected chi connectivity index (χ3v) is 4.77. The number of rotatable bonds is 3. The monoisotopic (exact) mass is 341 g/mol. The fourth-order valence-electron chi connectivity index (χ4n) is 2.60. The van der Waals surface area contributed by atoms with Gasteiger partial charge in [0.1, 0.15) is 4.88 Å². The van der Waals surface area contributed by atoms with Crippen LogP contribution >= 0.6 is 11.3 Å². The van der Waals surface area contributed by atoms with Crippen LogP contribution in [0.4, 0.5) is 0 Å². The lowest BCUT2D eigenvalue weighted by atomic mass is 10.1. The Hall–Kier alpha value is -2.20. The first-order valence-corrected chi connectivity index (χ1v) is 8.68. The number of aromatic nitrogens is 1. The molecule has 0 aliphatic carbocycles. The Kier molecular flexibility index (Phi) is 5.59. The van der Waals surface area contributed by atoms with E-state index >= 15 is 0 Å². The van der Waals surface area contributed by atoms with Crippen molar-refractivity contribution < 1.29 is 9.63 Å². The van der Waals surface area contributed by atoms with Crippen molar-refractivity contribution in [2.75, 3.05) is 20.2 Å². The highest BCUT2D eigenvalue weighted by atomic mass is 32.1. The zero-order valence-electron chi connectivity index (χ0n) is 13.5. The van der Waals surface area contributed by atoms with Gasteiger partial charge in [0.05, 0.1) is 13.3 Å². The Morgan fingerprint density at radius 1 is 1.29 bits per heavy atom. The number of nitrogens with zero attached hydrogens (tertiary/aromatic N) is 2. The Labute approximate surface area is 145 Å². The number of likely N-dealkylation sites (tertiary alicyclic amines) is 1. The molecule has 0 atom stereocenters. The maximum Gasteiger partial charge on any atom is 0.265 e. The summed E-state index contributed by atoms with van der Waals surface area (Å²) >= 11 is 1.35. The molecule has 3 rings (SSSR count). The minimum atomic E-state index is 0.0381. The Morgan fingerprint density at radius 3 is 2.75 bits per heavy atom. The zero-order chi connectivity index (χ0) is 16.8. The van der Waals surface area contributed by atoms with Crippen molar-refractivity contribution in [3.05, 3.63) is 52.0 Å². The third-order valence-electron chi connectivity index (χ3n) is 3.87. The van der Waals surface area contributed by atoms with Crippen LogP contribution < -0.4 is 5.48 Å². The van der Waals surface area contributed by atoms with E-state index in [9.17, 15) is 4.79 Å². The first-order chi connectivity index (χ1) is 11.8. The van der Waals surface area contributed by atoms with E-state index in [4.69, 9.17) is 4.84 Å². The molecule has 1 aliphatic rings. The maximum atomic E-state index is 12.5. The summed E-state index contributed by atoms with van der Waals surface area (Å²) in [7, 11) is 1.62. The lowest BCUT2D eigenvalue weighted by Gasteiger charge is -2.31. The lowest BCUT2D eigenvalue weighted by molar-refractivity contribution is 0.0335. The van der Waals surface area contributed by atoms with Crippen LogP contribution in [0.2, 0.25) is 0 Å². The minimum absolute atomic E-state index is 0.0381. The Morgan fingerprint density at radius 2 is 2.04 bits per heavy atom. The molecule has 1 N–H and O–H groups in total. The van der Waals surface area contributed by atoms with E-state index in [1.165, 1.54) is 11.3 Å². The molecule has 1 fully saturated rings. The second kappa shape index (κ2) is 8.06. The topological polar surface area (TPSA) is 54.5 Å². The number of amides is 1. The molecule has 6 heteroatoms. The number of benzene rings is 1. The standard InChI is InChI=1S/C18H19N3O2S/c1-23-20-15-9-11-21(12-10-15)18(22)16-13-19-17(24-16)8-7-14-5-3-2-4-6-14/h2-6,13,15,20H,9-12H2,1H3. The molecule has 1 aromatic heterocycles. The van der Waals surface area contributed by atoms with Gasteiger partial charge in [0, 0.05) is 24.7 Å². The molecule has 0 spiro atoms. The fourth-order valence-corrected chi connectivity index (χ4v) is 3.34. The second-order valence-electron chi connectivity index (χ2n) is 5.53. The van der Waals surface area contributed by atoms with E-state index in [0.717, 1.165) is 31.5 Å². The zero-order valence-corrected chi connectivity index (χ0v) is 14.3. The van der Waals surface area contributed by atoms with E-state index in [1.807, 2.05) is 35.2 Å². The number of thiazole rings is 1. The summed E-state index contributed by atoms with van der Waals surface area (Å²) in [6.07, 6.45) is 3.40. The molecule has 0 saturated carbocycles. The van der Waals surface area contributed by atoms with Crippen molar-refractivity contribution in [2.45, 2.75) is 18.9 Å². The Bertz CT molecular complexity index is 740. The van der Waals surface area contributed by atoms with Gasteiger partial charge in [-0.15, -0.1) is 11.3 Å². The van der Waals surface area contributed by atoms with E-state index in [0.29, 0.717) is 15.9 Å². The minimum Gasteiger partial charge on any atom is -0.338 e. The van der Waals surface area contributed by atoms with E-state index in [1.54, 1.807) is 13.3 Å². The van der Waals surface area contributed by atoms with Gasteiger partial charge in [-0.1, -0.05) is 24.1 Å². The molecule has 0 radical (unpaired) electrons. The number of piperidine rings is 1. The summed E-state index contributed by atoms with van der Waals surface area (Å²) < 4.78 is 0. The molecule has 1 saturated heterocycles. The molecular formula is C18H19N3O2S. The van der Waals surface area contributed by atoms with E-state index in [-0.39, 0.29) is 5.91 Å². The molecule has 1 aliphatic heterocycles. The normalized spacial score (nSPS) is 15.0. The third kappa shape index (κ3) is 4.20. The number of hydroxylamine groups is 1. The van der Waals surface area contributed by atoms with Crippen LogP contribution in [0.1, 0.15) is 33.1 Å². The van der Waals surface area contributed by atoms with Gasteiger partial charge in [0.2, 0.25) is 0 Å². The number of hydrogen-bond acceptors (Lipinski definition) is 5. The lowest BCUT2D eigenvalue weighted by Crippen LogP contribution is -2.44. The summed E-state index contributed by atoms with van der Waals surface area (Å²) in [5, 5.41) is 0.665. The summed E-state index contributed by atoms with van der Waals surface area (Å²) in [6, 6.07) is 10.1. The molecule has 1 aromatic carbocycles. The van der Waals surface area contributed by atoms with Gasteiger partial charge >= 0.3 is 0 Å². The van der Waals surface area contributed by atoms with Crippen LogP contribution in [-0.2, 0) is 4.84 Å². The second-order valence-corrected chi connectivity index (χ2v) is 6.56. The number of carbonyl (C=O) groups is 1. The number of carbonyl (C=O) groups excluding carboxylic acids is 1. The summed E-state index contributed by atoms with van der Waals surface area (Å²) in [4.78, 5) is 24.3. The van der Waals surface area contributed by atoms with Gasteiger partial charge in [0.15, 0.2) is 5.01 Å². The molecule has 0 unspecified atom stereocenters. The summed E-state index contributed by atoms with van der Waals surface area (Å²) in [5.74, 6) is 6.12. The fraction of sp³-hybridized carbons (Fsp3) is 0.333. The van der Waals surface area contributed by atoms with Crippen molar-refractivity contribution in [1.29, 1.82) is 0 Å². The molecule has 1 amide bonds. The van der Waals surface area contributed by atoms with Crippen LogP contribution in [0, 0.1) is 11.8 Å². The van der Waals surface area contributed by atoms with Crippen molar-refractivity contribution in [2.24, 2.45) is 0 Å². The highest BCUT2D eigenvalue weighted by molar-refractivity contribution is 7.14. The molecular weight excluding hydrogens is 322 g/mol. The van der Waals surface area contributed by atoms with Crippen LogP contribution in [0.5, 0.6) is 0 Å². The largest absolute Gasteiger partial charge is 0.338 e. The van der Waals surface area contributed by atoms with E-state index < -0.39 is 0 Å². The van der Waals surface area contributed by atoms with Gasteiger partial charge in [-0.05, 0) is 30.9 Å². The van der Waals surface area contributed by atoms with Crippen LogP contribution in [0.15, 0.2) is 36.5 Å². The first kappa shape index (κ1) is 16.7. The predicted octanol–water partition coefficient (Wildman–Crippen LogP) is 2.30. The average Bonchev–Trinajstić information content (AvgIpc) is 3.10. The molecule has 0 bridgehead atoms. The van der Waals surface area contributed by atoms with Crippen molar-refractivity contribution in [1.82, 2.24) is 15.4 Å². The predicted molar refractivity (Wildman–Crippen MR) is 93.6 cm³/mol. The maximum absolute atomic E-state index is 12.5. The Balaban J connectivity index is 1.61. The van der Waals surface area contributed by atoms with Gasteiger partial charge < -0.3 is 9.74 Å². The average molecular weight is 341 g/mol. The summed E-state index contributed by atoms with van der Waals surface area (Å²) in [6.45, 7) is 1.45. The van der Waals surface area contributed by atoms with Crippen LogP contribution in [0.3, 0.4) is 0 Å². The summed E-state index contributed by atoms with van der Waals surface area (Å²) in [5.41, 5.74) is 3.89. The van der Waals surface area contributed by atoms with Crippen molar-refractivity contribution in [3.63, 3.8) is 0 Å². The van der Waals surface area contributed by atoms with Gasteiger partial charge in [-0.25, -0.2) is 4.98 Å². The number of nitrogens with one attached hydrogen (secondary N) is 1. The van der Waals surface area contributed by atoms with Crippen LogP contribution in [0.25, 0.3) is 0 Å². The molecule has 5 nitrogen and oxygen atoms in total. The van der Waals surface area contributed by atoms with E-state index in [2.05, 4.69) is 22.3 Å². The van der Waals surface area contributed by atoms with Gasteiger partial charge in [-0.3, -0.25) is 4.79 Å². The van der Waals surface area contributed by atoms with Crippen molar-refractivity contribution >= 4 is 17.2 Å². The molecule has 2 heterocycles. The smallest absolute Gasteiger partial charge is 0.265 e. The highest BCUT2D eigenvalue weighted by Crippen LogP contribution is 2.18. The van der Waals surface area contributed by atoms with Gasteiger partial charge in [0.25, 0.3) is 5.91 Å². The molecule has 124 valence electrons. The number of hydrogen-bond donors (Lipinski definition) is 1. The molecule has 2 aromatic rings. The molecule has 24 heavy (non-hydrogen) atoms. The SMILES string of the molecule is CONC1CCN(C(=O)c2cnc(C#Cc3ccccc3)s2)CC1. The van der Waals surface area contributed by atoms with Gasteiger partial charge in [-0.2, -0.15) is 5.48 Å².